The summed E-state index contributed by atoms with van der Waals surface area (Å²) in [5.41, 5.74) is 9.74. The fraction of sp³-hybridized carbons (Fsp3) is 0.571. The van der Waals surface area contributed by atoms with E-state index in [4.69, 9.17) is 10.5 Å². The first-order valence-corrected chi connectivity index (χ1v) is 6.00. The van der Waals surface area contributed by atoms with Crippen LogP contribution in [-0.4, -0.2) is 7.11 Å². The molecule has 2 N–H and O–H groups in total. The average Bonchev–Trinajstić information content (AvgIpc) is 2.25. The van der Waals surface area contributed by atoms with Gasteiger partial charge in [-0.3, -0.25) is 0 Å². The minimum Gasteiger partial charge on any atom is -0.496 e. The van der Waals surface area contributed by atoms with Crippen LogP contribution in [0.5, 0.6) is 5.75 Å². The first-order valence-electron chi connectivity index (χ1n) is 6.00. The van der Waals surface area contributed by atoms with Crippen LogP contribution in [0.2, 0.25) is 0 Å². The summed E-state index contributed by atoms with van der Waals surface area (Å²) in [4.78, 5) is 0. The molecule has 1 aromatic carbocycles. The van der Waals surface area contributed by atoms with Gasteiger partial charge < -0.3 is 10.5 Å². The van der Waals surface area contributed by atoms with E-state index in [1.807, 2.05) is 0 Å². The fourth-order valence-electron chi connectivity index (χ4n) is 2.11. The van der Waals surface area contributed by atoms with Crippen molar-refractivity contribution in [2.45, 2.75) is 46.1 Å². The highest BCUT2D eigenvalue weighted by atomic mass is 35.5. The van der Waals surface area contributed by atoms with Crippen molar-refractivity contribution in [3.05, 3.63) is 28.8 Å². The zero-order valence-corrected chi connectivity index (χ0v) is 12.1. The van der Waals surface area contributed by atoms with Crippen LogP contribution in [0, 0.1) is 13.8 Å². The summed E-state index contributed by atoms with van der Waals surface area (Å²) in [7, 11) is 1.71. The first kappa shape index (κ1) is 16.3. The second-order valence-electron chi connectivity index (χ2n) is 4.44. The Morgan fingerprint density at radius 2 is 1.76 bits per heavy atom. The molecular weight excluding hydrogens is 234 g/mol. The molecule has 0 spiro atoms. The van der Waals surface area contributed by atoms with Crippen molar-refractivity contribution < 1.29 is 4.74 Å². The van der Waals surface area contributed by atoms with Crippen molar-refractivity contribution in [2.75, 3.05) is 7.11 Å². The molecule has 3 heteroatoms. The van der Waals surface area contributed by atoms with Gasteiger partial charge in [0.2, 0.25) is 0 Å². The molecule has 0 aromatic heterocycles. The molecule has 1 atom stereocenters. The molecule has 0 saturated heterocycles. The third-order valence-corrected chi connectivity index (χ3v) is 2.98. The molecule has 0 heterocycles. The van der Waals surface area contributed by atoms with E-state index in [-0.39, 0.29) is 18.4 Å². The minimum atomic E-state index is 0. The Kier molecular flexibility index (Phi) is 7.24. The number of aryl methyl sites for hydroxylation is 2. The van der Waals surface area contributed by atoms with Gasteiger partial charge in [-0.2, -0.15) is 0 Å². The molecule has 0 bridgehead atoms. The summed E-state index contributed by atoms with van der Waals surface area (Å²) in [6.07, 6.45) is 3.44. The summed E-state index contributed by atoms with van der Waals surface area (Å²) >= 11 is 0. The van der Waals surface area contributed by atoms with Gasteiger partial charge in [-0.15, -0.1) is 12.4 Å². The van der Waals surface area contributed by atoms with Gasteiger partial charge >= 0.3 is 0 Å². The lowest BCUT2D eigenvalue weighted by atomic mass is 9.97. The average molecular weight is 258 g/mol. The third-order valence-electron chi connectivity index (χ3n) is 2.98. The van der Waals surface area contributed by atoms with Gasteiger partial charge in [0.1, 0.15) is 5.75 Å². The quantitative estimate of drug-likeness (QED) is 0.868. The number of hydrogen-bond acceptors (Lipinski definition) is 2. The van der Waals surface area contributed by atoms with Gasteiger partial charge in [0.05, 0.1) is 7.11 Å². The van der Waals surface area contributed by atoms with Crippen LogP contribution in [0.4, 0.5) is 0 Å². The maximum atomic E-state index is 6.17. The Labute approximate surface area is 111 Å². The van der Waals surface area contributed by atoms with E-state index in [0.717, 1.165) is 12.2 Å². The summed E-state index contributed by atoms with van der Waals surface area (Å²) in [5.74, 6) is 0.978. The number of nitrogens with two attached hydrogens (primary N) is 1. The van der Waals surface area contributed by atoms with Crippen LogP contribution in [0.1, 0.15) is 48.9 Å². The molecule has 17 heavy (non-hydrogen) atoms. The van der Waals surface area contributed by atoms with E-state index in [1.165, 1.54) is 29.5 Å². The van der Waals surface area contributed by atoms with Gasteiger partial charge in [-0.1, -0.05) is 31.9 Å². The number of halogens is 1. The van der Waals surface area contributed by atoms with Crippen molar-refractivity contribution in [2.24, 2.45) is 5.73 Å². The summed E-state index contributed by atoms with van der Waals surface area (Å²) in [6.45, 7) is 6.33. The molecule has 0 aliphatic heterocycles. The number of unbranched alkanes of at least 4 members (excludes halogenated alkanes) is 1. The van der Waals surface area contributed by atoms with E-state index in [1.54, 1.807) is 7.11 Å². The van der Waals surface area contributed by atoms with E-state index >= 15 is 0 Å². The number of rotatable bonds is 5. The largest absolute Gasteiger partial charge is 0.496 e. The molecule has 0 radical (unpaired) electrons. The molecule has 0 aliphatic rings. The van der Waals surface area contributed by atoms with E-state index < -0.39 is 0 Å². The predicted octanol–water partition coefficient (Wildman–Crippen LogP) is 3.92. The molecule has 0 fully saturated rings. The lowest BCUT2D eigenvalue weighted by Gasteiger charge is -2.16. The van der Waals surface area contributed by atoms with Crippen LogP contribution < -0.4 is 10.5 Å². The van der Waals surface area contributed by atoms with Crippen molar-refractivity contribution >= 4 is 12.4 Å². The van der Waals surface area contributed by atoms with Crippen LogP contribution in [-0.2, 0) is 0 Å². The van der Waals surface area contributed by atoms with Crippen molar-refractivity contribution in [1.29, 1.82) is 0 Å². The molecule has 0 saturated carbocycles. The number of benzene rings is 1. The predicted molar refractivity (Wildman–Crippen MR) is 76.2 cm³/mol. The van der Waals surface area contributed by atoms with Crippen molar-refractivity contribution in [3.8, 4) is 5.75 Å². The standard InChI is InChI=1S/C14H23NO.ClH/c1-5-6-7-13(15)12-8-10(2)14(16-4)11(3)9-12;/h8-9,13H,5-7,15H2,1-4H3;1H/t13-;/m1./s1. The Morgan fingerprint density at radius 1 is 1.24 bits per heavy atom. The Hall–Kier alpha value is -0.730. The summed E-state index contributed by atoms with van der Waals surface area (Å²) in [6, 6.07) is 4.45. The Morgan fingerprint density at radius 3 is 2.18 bits per heavy atom. The van der Waals surface area contributed by atoms with Crippen molar-refractivity contribution in [1.82, 2.24) is 0 Å². The molecule has 2 nitrogen and oxygen atoms in total. The second kappa shape index (κ2) is 7.57. The highest BCUT2D eigenvalue weighted by Crippen LogP contribution is 2.27. The van der Waals surface area contributed by atoms with Crippen LogP contribution in [0.25, 0.3) is 0 Å². The molecular formula is C14H24ClNO. The highest BCUT2D eigenvalue weighted by Gasteiger charge is 2.10. The molecule has 98 valence electrons. The van der Waals surface area contributed by atoms with Gasteiger partial charge in [0, 0.05) is 6.04 Å². The zero-order valence-electron chi connectivity index (χ0n) is 11.2. The summed E-state index contributed by atoms with van der Waals surface area (Å²) in [5, 5.41) is 0. The number of ether oxygens (including phenoxy) is 1. The summed E-state index contributed by atoms with van der Waals surface area (Å²) < 4.78 is 5.35. The molecule has 0 amide bonds. The van der Waals surface area contributed by atoms with Crippen molar-refractivity contribution in [3.63, 3.8) is 0 Å². The lowest BCUT2D eigenvalue weighted by Crippen LogP contribution is -2.11. The smallest absolute Gasteiger partial charge is 0.124 e. The highest BCUT2D eigenvalue weighted by molar-refractivity contribution is 5.85. The number of methoxy groups -OCH3 is 1. The molecule has 0 aliphatic carbocycles. The van der Waals surface area contributed by atoms with Gasteiger partial charge in [-0.05, 0) is 37.0 Å². The first-order chi connectivity index (χ1) is 7.60. The van der Waals surface area contributed by atoms with Gasteiger partial charge in [0.25, 0.3) is 0 Å². The second-order valence-corrected chi connectivity index (χ2v) is 4.44. The van der Waals surface area contributed by atoms with Crippen LogP contribution in [0.3, 0.4) is 0 Å². The molecule has 1 rings (SSSR count). The van der Waals surface area contributed by atoms with Gasteiger partial charge in [-0.25, -0.2) is 0 Å². The Balaban J connectivity index is 0.00000256. The SMILES string of the molecule is CCCC[C@@H](N)c1cc(C)c(OC)c(C)c1.Cl. The number of hydrogen-bond donors (Lipinski definition) is 1. The molecule has 1 aromatic rings. The van der Waals surface area contributed by atoms with E-state index in [9.17, 15) is 0 Å². The normalized spacial score (nSPS) is 11.8. The van der Waals surface area contributed by atoms with Crippen LogP contribution in [0.15, 0.2) is 12.1 Å². The maximum Gasteiger partial charge on any atom is 0.124 e. The molecule has 0 unspecified atom stereocenters. The van der Waals surface area contributed by atoms with Crippen LogP contribution >= 0.6 is 12.4 Å². The third kappa shape index (κ3) is 4.21. The van der Waals surface area contributed by atoms with E-state index in [0.29, 0.717) is 0 Å². The minimum absolute atomic E-state index is 0. The van der Waals surface area contributed by atoms with E-state index in [2.05, 4.69) is 32.9 Å². The monoisotopic (exact) mass is 257 g/mol. The van der Waals surface area contributed by atoms with Gasteiger partial charge in [0.15, 0.2) is 0 Å². The topological polar surface area (TPSA) is 35.2 Å². The lowest BCUT2D eigenvalue weighted by molar-refractivity contribution is 0.408. The Bertz CT molecular complexity index is 329. The zero-order chi connectivity index (χ0) is 12.1. The fourth-order valence-corrected chi connectivity index (χ4v) is 2.11. The maximum absolute atomic E-state index is 6.17.